The Morgan fingerprint density at radius 3 is 2.73 bits per heavy atom. The lowest BCUT2D eigenvalue weighted by molar-refractivity contribution is 0.710. The van der Waals surface area contributed by atoms with Crippen molar-refractivity contribution in [3.63, 3.8) is 0 Å². The van der Waals surface area contributed by atoms with Crippen molar-refractivity contribution in [3.05, 3.63) is 48.8 Å². The summed E-state index contributed by atoms with van der Waals surface area (Å²) in [7, 11) is 0. The fourth-order valence-corrected chi connectivity index (χ4v) is 4.00. The summed E-state index contributed by atoms with van der Waals surface area (Å²) < 4.78 is 3.37. The minimum atomic E-state index is -0.0673. The maximum absolute atomic E-state index is 12.6. The lowest BCUT2D eigenvalue weighted by Gasteiger charge is -2.04. The van der Waals surface area contributed by atoms with E-state index in [2.05, 4.69) is 42.0 Å². The number of halogens is 2. The van der Waals surface area contributed by atoms with E-state index in [-0.39, 0.29) is 5.56 Å². The zero-order chi connectivity index (χ0) is 15.7. The quantitative estimate of drug-likeness (QED) is 0.728. The van der Waals surface area contributed by atoms with Crippen molar-refractivity contribution in [2.75, 3.05) is 0 Å². The molecule has 2 aromatic rings. The van der Waals surface area contributed by atoms with E-state index in [0.717, 1.165) is 33.2 Å². The van der Waals surface area contributed by atoms with Gasteiger partial charge < -0.3 is 0 Å². The van der Waals surface area contributed by atoms with Crippen LogP contribution in [-0.4, -0.2) is 22.0 Å². The van der Waals surface area contributed by atoms with Gasteiger partial charge in [-0.2, -0.15) is 0 Å². The highest BCUT2D eigenvalue weighted by molar-refractivity contribution is 9.11. The van der Waals surface area contributed by atoms with Gasteiger partial charge >= 0.3 is 0 Å². The van der Waals surface area contributed by atoms with Crippen LogP contribution in [-0.2, 0) is 0 Å². The zero-order valence-corrected chi connectivity index (χ0v) is 15.4. The molecular formula is C16H17Br2N3O. The van der Waals surface area contributed by atoms with Crippen molar-refractivity contribution >= 4 is 38.1 Å². The van der Waals surface area contributed by atoms with E-state index in [4.69, 9.17) is 0 Å². The van der Waals surface area contributed by atoms with Crippen molar-refractivity contribution in [2.45, 2.75) is 38.6 Å². The summed E-state index contributed by atoms with van der Waals surface area (Å²) in [4.78, 5) is 17.2. The second-order valence-electron chi connectivity index (χ2n) is 5.60. The fraction of sp³-hybridized carbons (Fsp3) is 0.375. The van der Waals surface area contributed by atoms with Gasteiger partial charge in [-0.25, -0.2) is 4.68 Å². The van der Waals surface area contributed by atoms with Crippen molar-refractivity contribution in [2.24, 2.45) is 4.99 Å². The third-order valence-electron chi connectivity index (χ3n) is 4.01. The molecule has 0 radical (unpaired) electrons. The van der Waals surface area contributed by atoms with Crippen molar-refractivity contribution in [1.82, 2.24) is 9.78 Å². The summed E-state index contributed by atoms with van der Waals surface area (Å²) in [6, 6.07) is 6.10. The largest absolute Gasteiger partial charge is 0.295 e. The van der Waals surface area contributed by atoms with E-state index in [1.807, 2.05) is 25.1 Å². The van der Waals surface area contributed by atoms with E-state index in [1.54, 1.807) is 10.9 Å². The first-order valence-electron chi connectivity index (χ1n) is 7.36. The van der Waals surface area contributed by atoms with Crippen LogP contribution in [0.1, 0.15) is 36.9 Å². The molecule has 4 nitrogen and oxygen atoms in total. The van der Waals surface area contributed by atoms with Gasteiger partial charge in [0.25, 0.3) is 5.56 Å². The molecule has 0 amide bonds. The SMILES string of the molecule is Cc1[nH]n(-c2ccc(Br)cc2Br)c(=O)c1C=NC1CCCC1. The van der Waals surface area contributed by atoms with Gasteiger partial charge in [-0.05, 0) is 53.9 Å². The van der Waals surface area contributed by atoms with Crippen LogP contribution in [0.25, 0.3) is 5.69 Å². The lowest BCUT2D eigenvalue weighted by atomic mass is 10.2. The van der Waals surface area contributed by atoms with Gasteiger partial charge in [-0.1, -0.05) is 28.8 Å². The highest BCUT2D eigenvalue weighted by atomic mass is 79.9. The average Bonchev–Trinajstić information content (AvgIpc) is 3.07. The molecule has 1 aliphatic rings. The van der Waals surface area contributed by atoms with Gasteiger partial charge in [0.1, 0.15) is 0 Å². The molecule has 1 saturated carbocycles. The molecule has 1 N–H and O–H groups in total. The summed E-state index contributed by atoms with van der Waals surface area (Å²) in [5, 5.41) is 3.13. The monoisotopic (exact) mass is 425 g/mol. The predicted octanol–water partition coefficient (Wildman–Crippen LogP) is 4.36. The molecular weight excluding hydrogens is 410 g/mol. The Hall–Kier alpha value is -1.14. The molecule has 116 valence electrons. The van der Waals surface area contributed by atoms with Crippen LogP contribution in [0.2, 0.25) is 0 Å². The standard InChI is InChI=1S/C16H17Br2N3O/c1-10-13(9-19-12-4-2-3-5-12)16(22)21(20-10)15-7-6-11(17)8-14(15)18/h6-9,12,20H,2-5H2,1H3. The third kappa shape index (κ3) is 3.13. The van der Waals surface area contributed by atoms with E-state index in [9.17, 15) is 4.79 Å². The van der Waals surface area contributed by atoms with Gasteiger partial charge in [0, 0.05) is 26.9 Å². The molecule has 0 unspecified atom stereocenters. The molecule has 6 heteroatoms. The lowest BCUT2D eigenvalue weighted by Crippen LogP contribution is -2.18. The molecule has 1 aliphatic carbocycles. The number of aryl methyl sites for hydroxylation is 1. The molecule has 0 spiro atoms. The number of nitrogens with zero attached hydrogens (tertiary/aromatic N) is 2. The summed E-state index contributed by atoms with van der Waals surface area (Å²) in [5.74, 6) is 0. The number of H-pyrrole nitrogens is 1. The topological polar surface area (TPSA) is 50.1 Å². The molecule has 1 aromatic carbocycles. The van der Waals surface area contributed by atoms with Crippen LogP contribution >= 0.6 is 31.9 Å². The number of hydrogen-bond donors (Lipinski definition) is 1. The van der Waals surface area contributed by atoms with E-state index < -0.39 is 0 Å². The van der Waals surface area contributed by atoms with Crippen LogP contribution in [0.5, 0.6) is 0 Å². The molecule has 0 aliphatic heterocycles. The van der Waals surface area contributed by atoms with Crippen LogP contribution in [0.15, 0.2) is 36.9 Å². The number of aliphatic imine (C=N–C) groups is 1. The van der Waals surface area contributed by atoms with Crippen LogP contribution in [0.4, 0.5) is 0 Å². The number of nitrogens with one attached hydrogen (secondary N) is 1. The Kier molecular flexibility index (Phi) is 4.68. The van der Waals surface area contributed by atoms with Crippen LogP contribution in [0.3, 0.4) is 0 Å². The smallest absolute Gasteiger partial charge is 0.280 e. The average molecular weight is 427 g/mol. The molecule has 1 heterocycles. The van der Waals surface area contributed by atoms with E-state index in [0.29, 0.717) is 11.6 Å². The number of rotatable bonds is 3. The first-order chi connectivity index (χ1) is 10.6. The highest BCUT2D eigenvalue weighted by Crippen LogP contribution is 2.24. The van der Waals surface area contributed by atoms with E-state index in [1.165, 1.54) is 12.8 Å². The van der Waals surface area contributed by atoms with E-state index >= 15 is 0 Å². The molecule has 0 saturated heterocycles. The maximum atomic E-state index is 12.6. The number of hydrogen-bond acceptors (Lipinski definition) is 2. The third-order valence-corrected chi connectivity index (χ3v) is 5.14. The Bertz CT molecular complexity index is 770. The van der Waals surface area contributed by atoms with Crippen molar-refractivity contribution in [3.8, 4) is 5.69 Å². The normalized spacial score (nSPS) is 16.0. The van der Waals surface area contributed by atoms with Gasteiger partial charge in [0.2, 0.25) is 0 Å². The van der Waals surface area contributed by atoms with Crippen LogP contribution < -0.4 is 5.56 Å². The second-order valence-corrected chi connectivity index (χ2v) is 7.37. The number of benzene rings is 1. The summed E-state index contributed by atoms with van der Waals surface area (Å²) in [5.41, 5.74) is 2.20. The maximum Gasteiger partial charge on any atom is 0.280 e. The molecule has 0 bridgehead atoms. The van der Waals surface area contributed by atoms with Crippen molar-refractivity contribution < 1.29 is 0 Å². The minimum absolute atomic E-state index is 0.0673. The van der Waals surface area contributed by atoms with Gasteiger partial charge in [-0.15, -0.1) is 0 Å². The summed E-state index contributed by atoms with van der Waals surface area (Å²) >= 11 is 6.92. The van der Waals surface area contributed by atoms with Crippen molar-refractivity contribution in [1.29, 1.82) is 0 Å². The first kappa shape index (κ1) is 15.7. The van der Waals surface area contributed by atoms with Gasteiger partial charge in [-0.3, -0.25) is 14.9 Å². The summed E-state index contributed by atoms with van der Waals surface area (Å²) in [6.07, 6.45) is 6.49. The number of aromatic nitrogens is 2. The van der Waals surface area contributed by atoms with Gasteiger partial charge in [0.15, 0.2) is 0 Å². The fourth-order valence-electron chi connectivity index (χ4n) is 2.78. The number of aromatic amines is 1. The Balaban J connectivity index is 1.97. The van der Waals surface area contributed by atoms with Crippen LogP contribution in [0, 0.1) is 6.92 Å². The molecule has 0 atom stereocenters. The Morgan fingerprint density at radius 1 is 1.32 bits per heavy atom. The molecule has 1 fully saturated rings. The first-order valence-corrected chi connectivity index (χ1v) is 8.95. The molecule has 3 rings (SSSR count). The Morgan fingerprint density at radius 2 is 2.05 bits per heavy atom. The highest BCUT2D eigenvalue weighted by Gasteiger charge is 2.15. The zero-order valence-electron chi connectivity index (χ0n) is 12.3. The Labute approximate surface area is 145 Å². The second kappa shape index (κ2) is 6.54. The molecule has 1 aromatic heterocycles. The minimum Gasteiger partial charge on any atom is -0.295 e. The predicted molar refractivity (Wildman–Crippen MR) is 96.4 cm³/mol. The molecule has 22 heavy (non-hydrogen) atoms. The summed E-state index contributed by atoms with van der Waals surface area (Å²) in [6.45, 7) is 1.90. The van der Waals surface area contributed by atoms with Gasteiger partial charge in [0.05, 0.1) is 11.3 Å².